The predicted octanol–water partition coefficient (Wildman–Crippen LogP) is 3.18. The lowest BCUT2D eigenvalue weighted by Gasteiger charge is -2.34. The summed E-state index contributed by atoms with van der Waals surface area (Å²) in [4.78, 5) is 26.6. The summed E-state index contributed by atoms with van der Waals surface area (Å²) in [6, 6.07) is 10.6. The molecule has 0 unspecified atom stereocenters. The number of ether oxygens (including phenoxy) is 2. The smallest absolute Gasteiger partial charge is 0.265 e. The summed E-state index contributed by atoms with van der Waals surface area (Å²) < 4.78 is 24.4. The Morgan fingerprint density at radius 3 is 2.86 bits per heavy atom. The molecule has 0 aliphatic carbocycles. The third-order valence-electron chi connectivity index (χ3n) is 4.16. The van der Waals surface area contributed by atoms with Crippen LogP contribution in [0.15, 0.2) is 42.5 Å². The van der Waals surface area contributed by atoms with Gasteiger partial charge in [-0.05, 0) is 36.8 Å². The molecule has 1 aliphatic rings. The van der Waals surface area contributed by atoms with E-state index < -0.39 is 11.9 Å². The molecule has 148 valence electrons. The molecule has 28 heavy (non-hydrogen) atoms. The highest BCUT2D eigenvalue weighted by Crippen LogP contribution is 2.33. The highest BCUT2D eigenvalue weighted by molar-refractivity contribution is 6.32. The maximum atomic E-state index is 13.1. The van der Waals surface area contributed by atoms with Crippen LogP contribution < -0.4 is 19.7 Å². The van der Waals surface area contributed by atoms with Crippen LogP contribution in [0.25, 0.3) is 0 Å². The molecule has 1 N–H and O–H groups in total. The second-order valence-electron chi connectivity index (χ2n) is 6.23. The van der Waals surface area contributed by atoms with Crippen LogP contribution in [0.4, 0.5) is 10.1 Å². The lowest BCUT2D eigenvalue weighted by molar-refractivity contribution is -0.128. The van der Waals surface area contributed by atoms with Gasteiger partial charge in [0.1, 0.15) is 17.3 Å². The zero-order valence-electron chi connectivity index (χ0n) is 15.3. The van der Waals surface area contributed by atoms with Crippen LogP contribution in [0.3, 0.4) is 0 Å². The summed E-state index contributed by atoms with van der Waals surface area (Å²) in [7, 11) is 0. The molecule has 0 aromatic heterocycles. The molecule has 0 bridgehead atoms. The molecule has 0 spiro atoms. The van der Waals surface area contributed by atoms with Crippen molar-refractivity contribution in [2.45, 2.75) is 19.4 Å². The number of benzene rings is 2. The number of hydrogen-bond acceptors (Lipinski definition) is 4. The maximum absolute atomic E-state index is 13.1. The lowest BCUT2D eigenvalue weighted by Crippen LogP contribution is -2.51. The normalized spacial score (nSPS) is 15.4. The van der Waals surface area contributed by atoms with E-state index in [0.29, 0.717) is 18.0 Å². The molecule has 2 aromatic rings. The first-order valence-corrected chi connectivity index (χ1v) is 9.29. The van der Waals surface area contributed by atoms with E-state index in [1.807, 2.05) is 6.92 Å². The number of para-hydroxylation sites is 2. The molecule has 1 heterocycles. The Morgan fingerprint density at radius 1 is 1.32 bits per heavy atom. The van der Waals surface area contributed by atoms with E-state index >= 15 is 0 Å². The Bertz CT molecular complexity index is 877. The molecule has 0 saturated carbocycles. The lowest BCUT2D eigenvalue weighted by atomic mass is 10.1. The van der Waals surface area contributed by atoms with E-state index in [9.17, 15) is 14.0 Å². The van der Waals surface area contributed by atoms with Crippen molar-refractivity contribution in [3.05, 3.63) is 53.3 Å². The highest BCUT2D eigenvalue weighted by Gasteiger charge is 2.33. The van der Waals surface area contributed by atoms with E-state index in [1.165, 1.54) is 17.0 Å². The van der Waals surface area contributed by atoms with Gasteiger partial charge in [0.25, 0.3) is 11.8 Å². The first kappa shape index (κ1) is 19.9. The zero-order chi connectivity index (χ0) is 20.1. The van der Waals surface area contributed by atoms with Crippen LogP contribution in [-0.2, 0) is 9.59 Å². The van der Waals surface area contributed by atoms with Gasteiger partial charge in [0, 0.05) is 6.54 Å². The molecule has 2 aromatic carbocycles. The summed E-state index contributed by atoms with van der Waals surface area (Å²) in [6.45, 7) is 2.22. The first-order chi connectivity index (χ1) is 13.5. The number of rotatable bonds is 6. The molecule has 6 nitrogen and oxygen atoms in total. The second-order valence-corrected chi connectivity index (χ2v) is 6.64. The third-order valence-corrected chi connectivity index (χ3v) is 4.46. The molecular formula is C20H20ClFN2O4. The SMILES string of the molecule is CCCNC(=O)[C@@H]1CN(C(=O)COc2ccc(F)cc2Cl)c2ccccc2O1. The molecule has 1 atom stereocenters. The largest absolute Gasteiger partial charge is 0.482 e. The van der Waals surface area contributed by atoms with E-state index in [4.69, 9.17) is 21.1 Å². The molecule has 0 radical (unpaired) electrons. The van der Waals surface area contributed by atoms with Crippen molar-refractivity contribution >= 4 is 29.1 Å². The molecule has 8 heteroatoms. The second kappa shape index (κ2) is 8.93. The number of nitrogens with zero attached hydrogens (tertiary/aromatic N) is 1. The average molecular weight is 407 g/mol. The minimum atomic E-state index is -0.820. The highest BCUT2D eigenvalue weighted by atomic mass is 35.5. The van der Waals surface area contributed by atoms with E-state index in [1.54, 1.807) is 24.3 Å². The Labute approximate surface area is 167 Å². The van der Waals surface area contributed by atoms with Crippen LogP contribution in [0.1, 0.15) is 13.3 Å². The van der Waals surface area contributed by atoms with Crippen LogP contribution >= 0.6 is 11.6 Å². The summed E-state index contributed by atoms with van der Waals surface area (Å²) in [5.41, 5.74) is 0.556. The zero-order valence-corrected chi connectivity index (χ0v) is 16.0. The number of nitrogens with one attached hydrogen (secondary N) is 1. The van der Waals surface area contributed by atoms with Gasteiger partial charge in [-0.1, -0.05) is 30.7 Å². The summed E-state index contributed by atoms with van der Waals surface area (Å²) >= 11 is 5.93. The molecule has 0 saturated heterocycles. The fraction of sp³-hybridized carbons (Fsp3) is 0.300. The van der Waals surface area contributed by atoms with Gasteiger partial charge in [-0.3, -0.25) is 9.59 Å². The van der Waals surface area contributed by atoms with Crippen molar-refractivity contribution in [1.82, 2.24) is 5.32 Å². The summed E-state index contributed by atoms with van der Waals surface area (Å²) in [5.74, 6) is -0.499. The summed E-state index contributed by atoms with van der Waals surface area (Å²) in [5, 5.41) is 2.85. The first-order valence-electron chi connectivity index (χ1n) is 8.91. The number of carbonyl (C=O) groups excluding carboxylic acids is 2. The van der Waals surface area contributed by atoms with Gasteiger partial charge in [-0.2, -0.15) is 0 Å². The summed E-state index contributed by atoms with van der Waals surface area (Å²) in [6.07, 6.45) is -0.0240. The topological polar surface area (TPSA) is 67.9 Å². The van der Waals surface area contributed by atoms with Gasteiger partial charge in [-0.15, -0.1) is 0 Å². The Morgan fingerprint density at radius 2 is 2.11 bits per heavy atom. The van der Waals surface area contributed by atoms with Gasteiger partial charge in [0.05, 0.1) is 17.3 Å². The maximum Gasteiger partial charge on any atom is 0.265 e. The molecule has 3 rings (SSSR count). The van der Waals surface area contributed by atoms with Gasteiger partial charge >= 0.3 is 0 Å². The Kier molecular flexibility index (Phi) is 6.36. The molecule has 1 aliphatic heterocycles. The van der Waals surface area contributed by atoms with Crippen molar-refractivity contribution in [2.24, 2.45) is 0 Å². The fourth-order valence-corrected chi connectivity index (χ4v) is 3.00. The number of amides is 2. The van der Waals surface area contributed by atoms with Crippen LogP contribution in [0, 0.1) is 5.82 Å². The molecule has 0 fully saturated rings. The Hall–Kier alpha value is -2.80. The standard InChI is InChI=1S/C20H20ClFN2O4/c1-2-9-23-20(26)18-11-24(15-5-3-4-6-17(15)28-18)19(25)12-27-16-8-7-13(22)10-14(16)21/h3-8,10,18H,2,9,11-12H2,1H3,(H,23,26)/t18-/m0/s1. The van der Waals surface area contributed by atoms with Crippen molar-refractivity contribution in [2.75, 3.05) is 24.6 Å². The number of carbonyl (C=O) groups is 2. The quantitative estimate of drug-likeness (QED) is 0.800. The van der Waals surface area contributed by atoms with Gasteiger partial charge in [0.2, 0.25) is 0 Å². The Balaban J connectivity index is 1.74. The number of halogens is 2. The number of anilines is 1. The van der Waals surface area contributed by atoms with Crippen LogP contribution in [0.2, 0.25) is 5.02 Å². The van der Waals surface area contributed by atoms with E-state index in [0.717, 1.165) is 12.5 Å². The predicted molar refractivity (Wildman–Crippen MR) is 103 cm³/mol. The minimum absolute atomic E-state index is 0.0614. The molecular weight excluding hydrogens is 387 g/mol. The monoisotopic (exact) mass is 406 g/mol. The third kappa shape index (κ3) is 4.54. The van der Waals surface area contributed by atoms with Crippen molar-refractivity contribution in [1.29, 1.82) is 0 Å². The van der Waals surface area contributed by atoms with E-state index in [2.05, 4.69) is 5.32 Å². The average Bonchev–Trinajstić information content (AvgIpc) is 2.70. The van der Waals surface area contributed by atoms with Crippen molar-refractivity contribution in [3.63, 3.8) is 0 Å². The molecule has 2 amide bonds. The van der Waals surface area contributed by atoms with Crippen molar-refractivity contribution < 1.29 is 23.5 Å². The van der Waals surface area contributed by atoms with Gasteiger partial charge in [0.15, 0.2) is 12.7 Å². The minimum Gasteiger partial charge on any atom is -0.482 e. The van der Waals surface area contributed by atoms with Crippen LogP contribution in [-0.4, -0.2) is 37.6 Å². The number of fused-ring (bicyclic) bond motifs is 1. The van der Waals surface area contributed by atoms with Crippen molar-refractivity contribution in [3.8, 4) is 11.5 Å². The van der Waals surface area contributed by atoms with E-state index in [-0.39, 0.29) is 35.7 Å². The number of hydrogen-bond donors (Lipinski definition) is 1. The van der Waals surface area contributed by atoms with Crippen LogP contribution in [0.5, 0.6) is 11.5 Å². The van der Waals surface area contributed by atoms with Gasteiger partial charge < -0.3 is 19.7 Å². The van der Waals surface area contributed by atoms with Gasteiger partial charge in [-0.25, -0.2) is 4.39 Å². The fourth-order valence-electron chi connectivity index (χ4n) is 2.78.